The minimum absolute atomic E-state index is 0. The summed E-state index contributed by atoms with van der Waals surface area (Å²) in [5.74, 6) is 1.96. The second-order valence-corrected chi connectivity index (χ2v) is 19.7. The first kappa shape index (κ1) is 45.6. The third-order valence-corrected chi connectivity index (χ3v) is 13.8. The van der Waals surface area contributed by atoms with E-state index in [2.05, 4.69) is 242 Å². The number of rotatable bonds is 9. The number of para-hydroxylation sites is 1. The number of pyridine rings is 1. The van der Waals surface area contributed by atoms with Crippen LogP contribution in [-0.4, -0.2) is 26.5 Å². The van der Waals surface area contributed by atoms with Gasteiger partial charge in [0.1, 0.15) is 5.65 Å². The number of hydrogen-bond donors (Lipinski definition) is 0. The third kappa shape index (κ3) is 8.12. The quantitative estimate of drug-likeness (QED) is 0.135. The van der Waals surface area contributed by atoms with E-state index in [1.807, 2.05) is 12.3 Å². The molecule has 0 aliphatic carbocycles. The molecule has 67 heavy (non-hydrogen) atoms. The second kappa shape index (κ2) is 17.6. The molecule has 3 heterocycles. The zero-order chi connectivity index (χ0) is 46.0. The Hall–Kier alpha value is -6.55. The molecule has 1 aliphatic heterocycles. The minimum atomic E-state index is -0.599. The number of aliphatic imine (C=N–C) groups is 1. The van der Waals surface area contributed by atoms with Crippen molar-refractivity contribution in [2.45, 2.75) is 84.7 Å². The van der Waals surface area contributed by atoms with E-state index in [-0.39, 0.29) is 32.4 Å². The minimum Gasteiger partial charge on any atom is -0.503 e. The Bertz CT molecular complexity index is 3230. The van der Waals surface area contributed by atoms with Crippen LogP contribution in [0.4, 0.5) is 5.69 Å². The van der Waals surface area contributed by atoms with Crippen molar-refractivity contribution in [1.29, 1.82) is 0 Å². The molecule has 0 unspecified atom stereocenters. The summed E-state index contributed by atoms with van der Waals surface area (Å²) in [5, 5.41) is 2.26. The number of benzene rings is 7. The summed E-state index contributed by atoms with van der Waals surface area (Å²) in [4.78, 5) is 13.3. The Kier molecular flexibility index (Phi) is 12.0. The number of hydrogen-bond acceptors (Lipinski definition) is 4. The molecular weight excluding hydrogens is 1000 g/mol. The fourth-order valence-electron chi connectivity index (χ4n) is 10.2. The van der Waals surface area contributed by atoms with Crippen molar-refractivity contribution >= 4 is 33.5 Å². The molecule has 2 aromatic heterocycles. The van der Waals surface area contributed by atoms with Crippen molar-refractivity contribution in [3.05, 3.63) is 221 Å². The van der Waals surface area contributed by atoms with Gasteiger partial charge in [0.15, 0.2) is 0 Å². The van der Waals surface area contributed by atoms with Gasteiger partial charge in [-0.05, 0) is 99.0 Å². The van der Waals surface area contributed by atoms with Gasteiger partial charge in [-0.3, -0.25) is 0 Å². The predicted octanol–water partition coefficient (Wildman–Crippen LogP) is 15.1. The van der Waals surface area contributed by atoms with Crippen molar-refractivity contribution in [3.63, 3.8) is 0 Å². The van der Waals surface area contributed by atoms with Gasteiger partial charge in [-0.1, -0.05) is 165 Å². The van der Waals surface area contributed by atoms with Gasteiger partial charge in [-0.25, -0.2) is 4.98 Å². The Morgan fingerprint density at radius 1 is 0.612 bits per heavy atom. The molecule has 1 aliphatic rings. The number of ether oxygens (including phenoxy) is 1. The van der Waals surface area contributed by atoms with Gasteiger partial charge in [0, 0.05) is 40.1 Å². The Labute approximate surface area is 410 Å². The van der Waals surface area contributed by atoms with E-state index in [0.717, 1.165) is 61.4 Å². The first-order valence-electron chi connectivity index (χ1n) is 23.0. The van der Waals surface area contributed by atoms with Crippen molar-refractivity contribution in [2.75, 3.05) is 4.90 Å². The van der Waals surface area contributed by atoms with Crippen LogP contribution >= 0.6 is 0 Å². The van der Waals surface area contributed by atoms with Crippen LogP contribution in [0.25, 0.3) is 38.8 Å². The van der Waals surface area contributed by atoms with Gasteiger partial charge in [0.05, 0.1) is 22.4 Å². The molecule has 10 rings (SSSR count). The SMILES string of the molecule is Cc1ccc2c(c1)c1cccnc1n2-c1[c-]c(Oc2[c-]c(C3=NC(C)(C)[C@](C)(C(c4ccccc4)c4ccccc4)N3c3c(C)cccc3C)cc(-c3ccccc3)c2)cc(C(C)(C)C)c1.[Pt+2]. The Balaban J connectivity index is 0.00000562. The fourth-order valence-corrected chi connectivity index (χ4v) is 10.2. The van der Waals surface area contributed by atoms with E-state index < -0.39 is 11.1 Å². The van der Waals surface area contributed by atoms with Crippen molar-refractivity contribution < 1.29 is 25.8 Å². The number of fused-ring (bicyclic) bond motifs is 3. The van der Waals surface area contributed by atoms with E-state index >= 15 is 0 Å². The van der Waals surface area contributed by atoms with Crippen LogP contribution in [0.1, 0.15) is 86.4 Å². The number of aryl methyl sites for hydroxylation is 3. The Morgan fingerprint density at radius 2 is 1.24 bits per heavy atom. The van der Waals surface area contributed by atoms with Crippen LogP contribution in [0.3, 0.4) is 0 Å². The molecule has 7 aromatic carbocycles. The van der Waals surface area contributed by atoms with Crippen LogP contribution in [0.2, 0.25) is 0 Å². The summed E-state index contributed by atoms with van der Waals surface area (Å²) in [5.41, 5.74) is 12.7. The van der Waals surface area contributed by atoms with Crippen molar-refractivity contribution in [2.24, 2.45) is 4.99 Å². The summed E-state index contributed by atoms with van der Waals surface area (Å²) in [6, 6.07) is 66.0. The van der Waals surface area contributed by atoms with Gasteiger partial charge < -0.3 is 19.2 Å². The topological polar surface area (TPSA) is 42.6 Å². The number of nitrogens with zero attached hydrogens (tertiary/aromatic N) is 4. The molecule has 0 N–H and O–H groups in total. The molecule has 0 spiro atoms. The maximum atomic E-state index is 7.12. The summed E-state index contributed by atoms with van der Waals surface area (Å²) < 4.78 is 9.34. The van der Waals surface area contributed by atoms with Crippen molar-refractivity contribution in [3.8, 4) is 28.3 Å². The van der Waals surface area contributed by atoms with Gasteiger partial charge in [0.25, 0.3) is 0 Å². The van der Waals surface area contributed by atoms with E-state index in [1.165, 1.54) is 27.8 Å². The van der Waals surface area contributed by atoms with Gasteiger partial charge in [-0.15, -0.1) is 35.4 Å². The predicted molar refractivity (Wildman–Crippen MR) is 274 cm³/mol. The summed E-state index contributed by atoms with van der Waals surface area (Å²) in [6.45, 7) is 20.3. The van der Waals surface area contributed by atoms with Gasteiger partial charge in [0.2, 0.25) is 0 Å². The zero-order valence-electron chi connectivity index (χ0n) is 39.8. The zero-order valence-corrected chi connectivity index (χ0v) is 42.0. The van der Waals surface area contributed by atoms with Crippen LogP contribution in [0.5, 0.6) is 11.5 Å². The number of aromatic nitrogens is 2. The molecule has 336 valence electrons. The van der Waals surface area contributed by atoms with E-state index in [9.17, 15) is 0 Å². The molecule has 0 amide bonds. The molecule has 6 heteroatoms. The fraction of sp³-hybridized carbons (Fsp3) is 0.213. The molecular formula is C61H56N4OPt. The number of amidine groups is 1. The molecule has 1 atom stereocenters. The van der Waals surface area contributed by atoms with Crippen LogP contribution < -0.4 is 9.64 Å². The third-order valence-electron chi connectivity index (χ3n) is 13.8. The average molecular weight is 1060 g/mol. The molecule has 0 saturated carbocycles. The maximum Gasteiger partial charge on any atom is 2.00 e. The summed E-state index contributed by atoms with van der Waals surface area (Å²) >= 11 is 0. The average Bonchev–Trinajstić information content (AvgIpc) is 3.74. The molecule has 0 radical (unpaired) electrons. The molecule has 0 saturated heterocycles. The largest absolute Gasteiger partial charge is 2.00 e. The second-order valence-electron chi connectivity index (χ2n) is 19.7. The van der Waals surface area contributed by atoms with Gasteiger partial charge >= 0.3 is 21.1 Å². The smallest absolute Gasteiger partial charge is 0.503 e. The molecule has 0 bridgehead atoms. The van der Waals surface area contributed by atoms with Crippen LogP contribution in [0.15, 0.2) is 175 Å². The van der Waals surface area contributed by atoms with E-state index in [0.29, 0.717) is 11.5 Å². The maximum absolute atomic E-state index is 7.12. The normalized spacial score (nSPS) is 15.8. The van der Waals surface area contributed by atoms with Crippen LogP contribution in [-0.2, 0) is 26.5 Å². The van der Waals surface area contributed by atoms with E-state index in [4.69, 9.17) is 14.7 Å². The van der Waals surface area contributed by atoms with Gasteiger partial charge in [-0.2, -0.15) is 0 Å². The molecule has 5 nitrogen and oxygen atoms in total. The molecule has 9 aromatic rings. The Morgan fingerprint density at radius 3 is 1.88 bits per heavy atom. The first-order chi connectivity index (χ1) is 31.7. The first-order valence-corrected chi connectivity index (χ1v) is 23.0. The van der Waals surface area contributed by atoms with Crippen LogP contribution in [0, 0.1) is 32.9 Å². The molecule has 0 fully saturated rings. The van der Waals surface area contributed by atoms with E-state index in [1.54, 1.807) is 0 Å². The monoisotopic (exact) mass is 1060 g/mol. The standard InChI is InChI=1S/C61H56N4O.Pt/c1-40-30-31-54-53(33-40)52-29-20-32-62-58(52)64(54)49-37-48(59(4,5)6)38-51(39-49)66-50-35-46(43-23-13-10-14-24-43)34-47(36-50)57-63-60(7,8)61(9,65(57)56-41(2)21-19-22-42(56)3)55(44-25-15-11-16-26-44)45-27-17-12-18-28-45;/h10-35,37-38,55H,1-9H3;/q-2;+2/t61-;/m0./s1. The van der Waals surface area contributed by atoms with Crippen molar-refractivity contribution in [1.82, 2.24) is 9.55 Å². The summed E-state index contributed by atoms with van der Waals surface area (Å²) in [7, 11) is 0. The summed E-state index contributed by atoms with van der Waals surface area (Å²) in [6.07, 6.45) is 1.86. The number of anilines is 1.